The van der Waals surface area contributed by atoms with Crippen LogP contribution >= 0.6 is 0 Å². The van der Waals surface area contributed by atoms with E-state index in [1.807, 2.05) is 0 Å². The molecule has 0 bridgehead atoms. The summed E-state index contributed by atoms with van der Waals surface area (Å²) in [6.07, 6.45) is 15.7. The number of halogens is 2. The summed E-state index contributed by atoms with van der Waals surface area (Å²) < 4.78 is 1.42. The van der Waals surface area contributed by atoms with Gasteiger partial charge in [0, 0.05) is 0 Å². The Kier molecular flexibility index (Phi) is 14.1. The maximum Gasteiger partial charge on any atom is -0.0533 e. The second kappa shape index (κ2) is 17.7. The standard InChI is InChI=1S/C29H37.C13H10.C11H15.2ClH.Zr/c1-18-25-22-17-19-13-9-10-14-20(19)24(22)21-15-11-12-16-23(21)29(25,8)28(6,7)27(4,5)26(18,2)3;1-3-7-12(8-4-1)11-13-9-5-2-6-10-13;1-2-6-10(7-3-1)11-8-4-5-9-11;;;/h9-11,13-15,23H,12,16-17H2,1-8H3;1-10H;4-5,8-10H,1-3,6-7H2;2*1H;/q-1;;-1;;;+2/p-2. The van der Waals surface area contributed by atoms with Crippen molar-refractivity contribution in [2.75, 3.05) is 0 Å². The van der Waals surface area contributed by atoms with Crippen LogP contribution in [0.1, 0.15) is 134 Å². The molecule has 0 aliphatic heterocycles. The number of hydrogen-bond donors (Lipinski definition) is 0. The van der Waals surface area contributed by atoms with E-state index < -0.39 is 0 Å². The first kappa shape index (κ1) is 44.5. The van der Waals surface area contributed by atoms with Crippen molar-refractivity contribution in [3.63, 3.8) is 0 Å². The summed E-state index contributed by atoms with van der Waals surface area (Å²) in [6, 6.07) is 39.1. The van der Waals surface area contributed by atoms with Gasteiger partial charge in [-0.3, -0.25) is 0 Å². The molecule has 4 aromatic carbocycles. The number of rotatable bonds is 3. The molecule has 0 saturated heterocycles. The van der Waals surface area contributed by atoms with Gasteiger partial charge in [-0.05, 0) is 40.6 Å². The molecular weight excluding hydrogens is 799 g/mol. The monoisotopic (exact) mass is 858 g/mol. The molecule has 0 aromatic heterocycles. The molecule has 2 fully saturated rings. The molecule has 5 aliphatic rings. The minimum atomic E-state index is 0. The summed E-state index contributed by atoms with van der Waals surface area (Å²) >= 11 is 1.46. The van der Waals surface area contributed by atoms with Crippen LogP contribution in [0.5, 0.6) is 0 Å². The van der Waals surface area contributed by atoms with Gasteiger partial charge in [0.05, 0.1) is 0 Å². The van der Waals surface area contributed by atoms with Crippen LogP contribution in [-0.4, -0.2) is 3.21 Å². The Morgan fingerprint density at radius 2 is 1.30 bits per heavy atom. The fraction of sp³-hybridized carbons (Fsp3) is 0.415. The van der Waals surface area contributed by atoms with Crippen LogP contribution in [0.2, 0.25) is 0 Å². The largest absolute Gasteiger partial charge is 0.210 e. The van der Waals surface area contributed by atoms with Crippen LogP contribution in [0.3, 0.4) is 0 Å². The maximum atomic E-state index is 2.62. The molecule has 0 N–H and O–H groups in total. The van der Waals surface area contributed by atoms with Crippen LogP contribution < -0.4 is 24.8 Å². The summed E-state index contributed by atoms with van der Waals surface area (Å²) in [7, 11) is 0. The van der Waals surface area contributed by atoms with Gasteiger partial charge >= 0.3 is 99.2 Å². The minimum Gasteiger partial charge on any atom is -0.210 e. The van der Waals surface area contributed by atoms with Crippen LogP contribution in [-0.2, 0) is 30.7 Å². The van der Waals surface area contributed by atoms with Gasteiger partial charge in [0.25, 0.3) is 0 Å². The van der Waals surface area contributed by atoms with Gasteiger partial charge < -0.3 is 24.8 Å². The van der Waals surface area contributed by atoms with Crippen molar-refractivity contribution in [2.24, 2.45) is 27.6 Å². The molecule has 5 aliphatic carbocycles. The molecule has 0 spiro atoms. The maximum absolute atomic E-state index is 2.62. The van der Waals surface area contributed by atoms with Crippen LogP contribution in [0, 0.1) is 33.5 Å². The average molecular weight is 861 g/mol. The Balaban J connectivity index is 0.000000185. The smallest absolute Gasteiger partial charge is 0.0533 e. The molecule has 0 amide bonds. The average Bonchev–Trinajstić information content (AvgIpc) is 3.88. The Bertz CT molecular complexity index is 1990. The van der Waals surface area contributed by atoms with Crippen molar-refractivity contribution in [2.45, 2.75) is 113 Å². The van der Waals surface area contributed by atoms with Gasteiger partial charge in [0.1, 0.15) is 0 Å². The molecule has 2 saturated carbocycles. The van der Waals surface area contributed by atoms with E-state index in [0.717, 1.165) is 12.3 Å². The van der Waals surface area contributed by atoms with E-state index in [1.54, 1.807) is 33.8 Å². The molecule has 4 aromatic rings. The molecule has 56 heavy (non-hydrogen) atoms. The van der Waals surface area contributed by atoms with Gasteiger partial charge in [-0.25, -0.2) is 12.0 Å². The molecule has 3 heteroatoms. The predicted octanol–water partition coefficient (Wildman–Crippen LogP) is 8.23. The van der Waals surface area contributed by atoms with Crippen LogP contribution in [0.25, 0.3) is 5.57 Å². The molecular formula is C53H62Cl2Zr-2. The Morgan fingerprint density at radius 1 is 0.714 bits per heavy atom. The summed E-state index contributed by atoms with van der Waals surface area (Å²) in [4.78, 5) is 0. The second-order valence-electron chi connectivity index (χ2n) is 18.4. The van der Waals surface area contributed by atoms with E-state index in [2.05, 4.69) is 177 Å². The van der Waals surface area contributed by atoms with Crippen molar-refractivity contribution in [1.82, 2.24) is 0 Å². The molecule has 2 atom stereocenters. The van der Waals surface area contributed by atoms with Crippen molar-refractivity contribution in [3.8, 4) is 0 Å². The third-order valence-electron chi connectivity index (χ3n) is 15.7. The Hall–Kier alpha value is -2.57. The minimum absolute atomic E-state index is 0. The fourth-order valence-corrected chi connectivity index (χ4v) is 11.9. The van der Waals surface area contributed by atoms with Crippen LogP contribution in [0.15, 0.2) is 138 Å². The summed E-state index contributed by atoms with van der Waals surface area (Å²) in [5.41, 5.74) is 14.5. The zero-order valence-corrected chi connectivity index (χ0v) is 39.1. The third-order valence-corrected chi connectivity index (χ3v) is 17.1. The number of fused-ring (bicyclic) bond motifs is 6. The second-order valence-corrected chi connectivity index (χ2v) is 19.6. The van der Waals surface area contributed by atoms with E-state index in [0.29, 0.717) is 5.92 Å². The molecule has 0 heterocycles. The molecule has 9 rings (SSSR count). The van der Waals surface area contributed by atoms with Gasteiger partial charge in [-0.2, -0.15) is 34.9 Å². The first-order chi connectivity index (χ1) is 25.8. The molecule has 0 radical (unpaired) electrons. The van der Waals surface area contributed by atoms with Gasteiger partial charge in [-0.15, -0.1) is 6.92 Å². The summed E-state index contributed by atoms with van der Waals surface area (Å²) in [5.74, 6) is 3.13. The normalized spacial score (nSPS) is 23.7. The SMILES string of the molecule is C[C-]1C2=C3Cc4ccccc4C3=C3C=CCCC3C2(C)C(C)(C)C(C)(C)C1(C)C.[Cl-].[Cl-].[Zr+2]=[C](c1ccccc1)c1ccccc1.c1cc(C2CCCCC2)c[cH-]1. The van der Waals surface area contributed by atoms with Gasteiger partial charge in [0.15, 0.2) is 0 Å². The number of benzene rings is 3. The van der Waals surface area contributed by atoms with E-state index in [1.165, 1.54) is 94.6 Å². The van der Waals surface area contributed by atoms with E-state index in [-0.39, 0.29) is 46.5 Å². The predicted molar refractivity (Wildman–Crippen MR) is 228 cm³/mol. The molecule has 0 nitrogen and oxygen atoms in total. The first-order valence-corrected chi connectivity index (χ1v) is 22.0. The van der Waals surface area contributed by atoms with Crippen molar-refractivity contribution in [1.29, 1.82) is 0 Å². The fourth-order valence-electron chi connectivity index (χ4n) is 11.0. The van der Waals surface area contributed by atoms with Crippen LogP contribution in [0.4, 0.5) is 0 Å². The molecule has 2 unspecified atom stereocenters. The van der Waals surface area contributed by atoms with E-state index in [9.17, 15) is 0 Å². The van der Waals surface area contributed by atoms with Crippen molar-refractivity contribution >= 4 is 8.78 Å². The quantitative estimate of drug-likeness (QED) is 0.182. The van der Waals surface area contributed by atoms with Crippen molar-refractivity contribution < 1.29 is 49.0 Å². The van der Waals surface area contributed by atoms with Gasteiger partial charge in [0.2, 0.25) is 0 Å². The molecule has 294 valence electrons. The van der Waals surface area contributed by atoms with E-state index >= 15 is 0 Å². The Morgan fingerprint density at radius 3 is 1.89 bits per heavy atom. The third kappa shape index (κ3) is 7.57. The van der Waals surface area contributed by atoms with E-state index in [4.69, 9.17) is 0 Å². The van der Waals surface area contributed by atoms with Crippen molar-refractivity contribution in [3.05, 3.63) is 172 Å². The summed E-state index contributed by atoms with van der Waals surface area (Å²) in [5, 5.41) is 0. The zero-order valence-electron chi connectivity index (χ0n) is 35.1. The van der Waals surface area contributed by atoms with Gasteiger partial charge in [-0.1, -0.05) is 151 Å². The number of hydrogen-bond acceptors (Lipinski definition) is 0. The Labute approximate surface area is 367 Å². The number of allylic oxidation sites excluding steroid dienone is 6. The summed E-state index contributed by atoms with van der Waals surface area (Å²) in [6.45, 7) is 20.3. The zero-order chi connectivity index (χ0) is 38.3. The topological polar surface area (TPSA) is 0 Å². The first-order valence-electron chi connectivity index (χ1n) is 20.8.